The number of para-hydroxylation sites is 2. The number of carbonyl (C=O) groups is 1. The Kier molecular flexibility index (Phi) is 7.58. The molecule has 1 aliphatic heterocycles. The third kappa shape index (κ3) is 5.79. The standard InChI is InChI=1S/C28H18Cl2N2O4S2/c29-20-12-14-23(15-13-20)38(34,35)36-25-16-11-19(17-24(25)30)18-26-27(33)32(22-9-5-2-6-10-22)28(37-26)31-21-7-3-1-4-8-21/h1-18H/b26-18+,31-28?. The molecule has 1 heterocycles. The second kappa shape index (κ2) is 11.0. The minimum atomic E-state index is -4.11. The second-order valence-electron chi connectivity index (χ2n) is 8.00. The number of carbonyl (C=O) groups excluding carboxylic acids is 1. The first-order valence-electron chi connectivity index (χ1n) is 11.2. The van der Waals surface area contributed by atoms with Gasteiger partial charge in [0.25, 0.3) is 5.91 Å². The van der Waals surface area contributed by atoms with Crippen LogP contribution < -0.4 is 9.08 Å². The average molecular weight is 582 g/mol. The maximum atomic E-state index is 13.4. The fraction of sp³-hybridized carbons (Fsp3) is 0. The number of amides is 1. The molecule has 4 aromatic rings. The summed E-state index contributed by atoms with van der Waals surface area (Å²) in [5.74, 6) is -0.274. The SMILES string of the molecule is O=C1/C(=C\c2ccc(OS(=O)(=O)c3ccc(Cl)cc3)c(Cl)c2)SC(=Nc2ccccc2)N1c1ccccc1. The van der Waals surface area contributed by atoms with E-state index < -0.39 is 10.1 Å². The molecule has 0 spiro atoms. The van der Waals surface area contributed by atoms with E-state index in [2.05, 4.69) is 4.99 Å². The summed E-state index contributed by atoms with van der Waals surface area (Å²) in [5.41, 5.74) is 2.00. The van der Waals surface area contributed by atoms with Gasteiger partial charge in [-0.15, -0.1) is 0 Å². The van der Waals surface area contributed by atoms with Crippen molar-refractivity contribution in [2.75, 3.05) is 4.90 Å². The molecule has 0 radical (unpaired) electrons. The minimum absolute atomic E-state index is 0.0357. The summed E-state index contributed by atoms with van der Waals surface area (Å²) in [7, 11) is -4.11. The molecule has 0 aliphatic carbocycles. The number of hydrogen-bond acceptors (Lipinski definition) is 6. The molecule has 5 rings (SSSR count). The van der Waals surface area contributed by atoms with Gasteiger partial charge in [-0.3, -0.25) is 9.69 Å². The van der Waals surface area contributed by atoms with E-state index in [-0.39, 0.29) is 21.6 Å². The van der Waals surface area contributed by atoms with Gasteiger partial charge < -0.3 is 4.18 Å². The number of amidine groups is 1. The number of nitrogens with zero attached hydrogens (tertiary/aromatic N) is 2. The summed E-state index contributed by atoms with van der Waals surface area (Å²) < 4.78 is 30.5. The molecule has 4 aromatic carbocycles. The Morgan fingerprint density at radius 2 is 1.50 bits per heavy atom. The van der Waals surface area contributed by atoms with E-state index in [0.29, 0.717) is 26.3 Å². The number of hydrogen-bond donors (Lipinski definition) is 0. The van der Waals surface area contributed by atoms with E-state index in [9.17, 15) is 13.2 Å². The summed E-state index contributed by atoms with van der Waals surface area (Å²) in [6.45, 7) is 0. The van der Waals surface area contributed by atoms with Crippen LogP contribution in [0.15, 0.2) is 118 Å². The van der Waals surface area contributed by atoms with Gasteiger partial charge in [-0.2, -0.15) is 8.42 Å². The molecule has 0 N–H and O–H groups in total. The van der Waals surface area contributed by atoms with Crippen molar-refractivity contribution in [1.29, 1.82) is 0 Å². The van der Waals surface area contributed by atoms with Gasteiger partial charge in [-0.1, -0.05) is 65.7 Å². The van der Waals surface area contributed by atoms with Crippen LogP contribution in [0.1, 0.15) is 5.56 Å². The Bertz CT molecular complexity index is 1660. The number of benzene rings is 4. The Hall–Kier alpha value is -3.56. The number of thioether (sulfide) groups is 1. The Morgan fingerprint density at radius 3 is 2.16 bits per heavy atom. The topological polar surface area (TPSA) is 76.0 Å². The largest absolute Gasteiger partial charge is 0.377 e. The Morgan fingerprint density at radius 1 is 0.842 bits per heavy atom. The lowest BCUT2D eigenvalue weighted by atomic mass is 10.2. The molecular weight excluding hydrogens is 563 g/mol. The van der Waals surface area contributed by atoms with Crippen molar-refractivity contribution < 1.29 is 17.4 Å². The zero-order valence-corrected chi connectivity index (χ0v) is 22.6. The van der Waals surface area contributed by atoms with E-state index in [1.165, 1.54) is 48.2 Å². The lowest BCUT2D eigenvalue weighted by molar-refractivity contribution is -0.113. The smallest absolute Gasteiger partial charge is 0.339 e. The third-order valence-corrected chi connectivity index (χ3v) is 8.12. The summed E-state index contributed by atoms with van der Waals surface area (Å²) in [4.78, 5) is 20.1. The first kappa shape index (κ1) is 26.1. The van der Waals surface area contributed by atoms with Crippen LogP contribution in [0.4, 0.5) is 11.4 Å². The van der Waals surface area contributed by atoms with Gasteiger partial charge >= 0.3 is 10.1 Å². The number of halogens is 2. The lowest BCUT2D eigenvalue weighted by Crippen LogP contribution is -2.28. The summed E-state index contributed by atoms with van der Waals surface area (Å²) >= 11 is 13.4. The molecule has 0 unspecified atom stereocenters. The molecule has 1 aliphatic rings. The van der Waals surface area contributed by atoms with E-state index in [1.807, 2.05) is 60.7 Å². The van der Waals surface area contributed by atoms with Crippen LogP contribution in [0, 0.1) is 0 Å². The van der Waals surface area contributed by atoms with Crippen LogP contribution in [0.3, 0.4) is 0 Å². The van der Waals surface area contributed by atoms with Gasteiger partial charge in [-0.25, -0.2) is 4.99 Å². The van der Waals surface area contributed by atoms with E-state index in [4.69, 9.17) is 27.4 Å². The van der Waals surface area contributed by atoms with E-state index in [0.717, 1.165) is 5.69 Å². The van der Waals surface area contributed by atoms with Crippen LogP contribution in [0.2, 0.25) is 10.0 Å². The maximum Gasteiger partial charge on any atom is 0.339 e. The number of aliphatic imine (C=N–C) groups is 1. The van der Waals surface area contributed by atoms with Crippen LogP contribution in [-0.4, -0.2) is 19.5 Å². The van der Waals surface area contributed by atoms with Crippen LogP contribution >= 0.6 is 35.0 Å². The highest BCUT2D eigenvalue weighted by molar-refractivity contribution is 8.19. The van der Waals surface area contributed by atoms with Gasteiger partial charge in [0.05, 0.1) is 21.3 Å². The fourth-order valence-electron chi connectivity index (χ4n) is 3.56. The molecule has 10 heteroatoms. The molecule has 1 fully saturated rings. The molecule has 1 saturated heterocycles. The molecule has 1 amide bonds. The highest BCUT2D eigenvalue weighted by Crippen LogP contribution is 2.38. The molecule has 6 nitrogen and oxygen atoms in total. The van der Waals surface area contributed by atoms with Crippen molar-refractivity contribution >= 4 is 73.6 Å². The number of rotatable bonds is 6. The molecule has 0 saturated carbocycles. The fourth-order valence-corrected chi connectivity index (χ4v) is 5.91. The normalized spacial score (nSPS) is 15.8. The van der Waals surface area contributed by atoms with Crippen molar-refractivity contribution in [3.8, 4) is 5.75 Å². The van der Waals surface area contributed by atoms with Gasteiger partial charge in [0.2, 0.25) is 0 Å². The molecule has 190 valence electrons. The molecule has 0 atom stereocenters. The van der Waals surface area contributed by atoms with Crippen molar-refractivity contribution in [3.05, 3.63) is 124 Å². The number of anilines is 1. The molecular formula is C28H18Cl2N2O4S2. The first-order chi connectivity index (χ1) is 18.3. The second-order valence-corrected chi connectivity index (χ2v) is 11.4. The van der Waals surface area contributed by atoms with Crippen LogP contribution in [0.5, 0.6) is 5.75 Å². The van der Waals surface area contributed by atoms with Gasteiger partial charge in [-0.05, 0) is 84.1 Å². The van der Waals surface area contributed by atoms with Crippen molar-refractivity contribution in [3.63, 3.8) is 0 Å². The van der Waals surface area contributed by atoms with E-state index >= 15 is 0 Å². The Labute approximate surface area is 234 Å². The van der Waals surface area contributed by atoms with Gasteiger partial charge in [0.1, 0.15) is 4.90 Å². The quantitative estimate of drug-likeness (QED) is 0.173. The minimum Gasteiger partial charge on any atom is -0.377 e. The van der Waals surface area contributed by atoms with Gasteiger partial charge in [0, 0.05) is 5.02 Å². The predicted octanol–water partition coefficient (Wildman–Crippen LogP) is 7.57. The third-order valence-electron chi connectivity index (χ3n) is 5.36. The summed E-state index contributed by atoms with van der Waals surface area (Å²) in [6.07, 6.45) is 1.68. The summed E-state index contributed by atoms with van der Waals surface area (Å²) in [5, 5.41) is 0.991. The van der Waals surface area contributed by atoms with Crippen LogP contribution in [0.25, 0.3) is 6.08 Å². The zero-order chi connectivity index (χ0) is 26.7. The highest BCUT2D eigenvalue weighted by atomic mass is 35.5. The van der Waals surface area contributed by atoms with Crippen molar-refractivity contribution in [1.82, 2.24) is 0 Å². The van der Waals surface area contributed by atoms with E-state index in [1.54, 1.807) is 17.0 Å². The molecule has 0 aromatic heterocycles. The lowest BCUT2D eigenvalue weighted by Gasteiger charge is -2.15. The van der Waals surface area contributed by atoms with Crippen molar-refractivity contribution in [2.45, 2.75) is 4.90 Å². The van der Waals surface area contributed by atoms with Gasteiger partial charge in [0.15, 0.2) is 10.9 Å². The van der Waals surface area contributed by atoms with Crippen LogP contribution in [-0.2, 0) is 14.9 Å². The van der Waals surface area contributed by atoms with Crippen molar-refractivity contribution in [2.24, 2.45) is 4.99 Å². The summed E-state index contributed by atoms with van der Waals surface area (Å²) in [6, 6.07) is 28.8. The molecule has 38 heavy (non-hydrogen) atoms. The first-order valence-corrected chi connectivity index (χ1v) is 14.2. The maximum absolute atomic E-state index is 13.4. The zero-order valence-electron chi connectivity index (χ0n) is 19.5. The molecule has 0 bridgehead atoms. The predicted molar refractivity (Wildman–Crippen MR) is 154 cm³/mol. The monoisotopic (exact) mass is 580 g/mol. The highest BCUT2D eigenvalue weighted by Gasteiger charge is 2.34. The average Bonchev–Trinajstić information content (AvgIpc) is 3.21. The Balaban J connectivity index is 1.44.